The van der Waals surface area contributed by atoms with Crippen LogP contribution in [0.3, 0.4) is 0 Å². The summed E-state index contributed by atoms with van der Waals surface area (Å²) in [5.41, 5.74) is 1.31. The highest BCUT2D eigenvalue weighted by Crippen LogP contribution is 2.40. The van der Waals surface area contributed by atoms with Gasteiger partial charge < -0.3 is 24.8 Å². The Hall–Kier alpha value is -1.13. The number of halogens is 1. The lowest BCUT2D eigenvalue weighted by atomic mass is 9.83. The summed E-state index contributed by atoms with van der Waals surface area (Å²) in [6.45, 7) is 3.35. The summed E-state index contributed by atoms with van der Waals surface area (Å²) in [6, 6.07) is 3.92. The zero-order chi connectivity index (χ0) is 19.4. The highest BCUT2D eigenvalue weighted by atomic mass is 127. The van der Waals surface area contributed by atoms with E-state index in [1.54, 1.807) is 27.5 Å². The third kappa shape index (κ3) is 8.08. The molecule has 0 bridgehead atoms. The van der Waals surface area contributed by atoms with Gasteiger partial charge in [0, 0.05) is 52.7 Å². The van der Waals surface area contributed by atoms with Gasteiger partial charge in [-0.3, -0.25) is 4.99 Å². The van der Waals surface area contributed by atoms with Crippen LogP contribution in [0.25, 0.3) is 0 Å². The number of hydrogen-bond donors (Lipinski definition) is 2. The zero-order valence-corrected chi connectivity index (χ0v) is 19.7. The SMILES string of the molecule is CN=C(NCc1cccnc1OCCOC)NCC1(CCOC)CCCC1.I. The van der Waals surface area contributed by atoms with Gasteiger partial charge in [-0.05, 0) is 30.7 Å². The number of aliphatic imine (C=N–C) groups is 1. The van der Waals surface area contributed by atoms with Crippen LogP contribution in [0.5, 0.6) is 5.88 Å². The lowest BCUT2D eigenvalue weighted by Gasteiger charge is -2.30. The first-order chi connectivity index (χ1) is 13.2. The van der Waals surface area contributed by atoms with Gasteiger partial charge in [0.2, 0.25) is 5.88 Å². The van der Waals surface area contributed by atoms with E-state index < -0.39 is 0 Å². The molecule has 2 rings (SSSR count). The van der Waals surface area contributed by atoms with Crippen LogP contribution in [0.4, 0.5) is 0 Å². The van der Waals surface area contributed by atoms with Crippen molar-refractivity contribution in [3.05, 3.63) is 23.9 Å². The third-order valence-electron chi connectivity index (χ3n) is 5.18. The van der Waals surface area contributed by atoms with Crippen LogP contribution in [0.1, 0.15) is 37.7 Å². The van der Waals surface area contributed by atoms with Crippen LogP contribution in [-0.2, 0) is 16.0 Å². The number of aromatic nitrogens is 1. The maximum Gasteiger partial charge on any atom is 0.218 e. The fraction of sp³-hybridized carbons (Fsp3) is 0.700. The summed E-state index contributed by atoms with van der Waals surface area (Å²) >= 11 is 0. The smallest absolute Gasteiger partial charge is 0.218 e. The van der Waals surface area contributed by atoms with Gasteiger partial charge in [-0.15, -0.1) is 24.0 Å². The highest BCUT2D eigenvalue weighted by Gasteiger charge is 2.33. The largest absolute Gasteiger partial charge is 0.475 e. The van der Waals surface area contributed by atoms with E-state index >= 15 is 0 Å². The number of ether oxygens (including phenoxy) is 3. The average Bonchev–Trinajstić information content (AvgIpc) is 3.17. The fourth-order valence-electron chi connectivity index (χ4n) is 3.54. The lowest BCUT2D eigenvalue weighted by molar-refractivity contribution is 0.138. The van der Waals surface area contributed by atoms with Crippen molar-refractivity contribution in [2.45, 2.75) is 38.6 Å². The van der Waals surface area contributed by atoms with Crippen molar-refractivity contribution in [2.24, 2.45) is 10.4 Å². The number of rotatable bonds is 11. The quantitative estimate of drug-likeness (QED) is 0.208. The van der Waals surface area contributed by atoms with Crippen LogP contribution in [0.2, 0.25) is 0 Å². The molecule has 0 atom stereocenters. The second-order valence-corrected chi connectivity index (χ2v) is 7.04. The molecule has 7 nitrogen and oxygen atoms in total. The molecule has 0 aliphatic heterocycles. The first kappa shape index (κ1) is 24.9. The van der Waals surface area contributed by atoms with E-state index in [4.69, 9.17) is 14.2 Å². The number of nitrogens with one attached hydrogen (secondary N) is 2. The molecular formula is C20H35IN4O3. The minimum Gasteiger partial charge on any atom is -0.475 e. The lowest BCUT2D eigenvalue weighted by Crippen LogP contribution is -2.43. The monoisotopic (exact) mass is 506 g/mol. The normalized spacial score (nSPS) is 15.8. The molecule has 0 saturated heterocycles. The summed E-state index contributed by atoms with van der Waals surface area (Å²) < 4.78 is 16.0. The van der Waals surface area contributed by atoms with E-state index in [9.17, 15) is 0 Å². The molecule has 1 fully saturated rings. The topological polar surface area (TPSA) is 77.0 Å². The van der Waals surface area contributed by atoms with Gasteiger partial charge in [0.1, 0.15) is 6.61 Å². The Bertz CT molecular complexity index is 580. The number of pyridine rings is 1. The maximum absolute atomic E-state index is 5.69. The summed E-state index contributed by atoms with van der Waals surface area (Å²) in [7, 11) is 5.23. The second-order valence-electron chi connectivity index (χ2n) is 7.04. The Morgan fingerprint density at radius 2 is 1.89 bits per heavy atom. The van der Waals surface area contributed by atoms with Crippen LogP contribution in [0.15, 0.2) is 23.3 Å². The molecule has 0 spiro atoms. The van der Waals surface area contributed by atoms with Crippen molar-refractivity contribution < 1.29 is 14.2 Å². The molecule has 160 valence electrons. The Balaban J connectivity index is 0.00000392. The number of guanidine groups is 1. The number of hydrogen-bond acceptors (Lipinski definition) is 5. The van der Waals surface area contributed by atoms with E-state index in [1.807, 2.05) is 12.1 Å². The van der Waals surface area contributed by atoms with Gasteiger partial charge in [0.05, 0.1) is 6.61 Å². The average molecular weight is 506 g/mol. The first-order valence-corrected chi connectivity index (χ1v) is 9.72. The Morgan fingerprint density at radius 3 is 2.57 bits per heavy atom. The molecule has 2 N–H and O–H groups in total. The van der Waals surface area contributed by atoms with Gasteiger partial charge in [0.15, 0.2) is 5.96 Å². The van der Waals surface area contributed by atoms with Gasteiger partial charge in [-0.2, -0.15) is 0 Å². The van der Waals surface area contributed by atoms with Gasteiger partial charge in [0.25, 0.3) is 0 Å². The zero-order valence-electron chi connectivity index (χ0n) is 17.3. The van der Waals surface area contributed by atoms with E-state index in [2.05, 4.69) is 20.6 Å². The minimum absolute atomic E-state index is 0. The Morgan fingerprint density at radius 1 is 1.14 bits per heavy atom. The predicted octanol–water partition coefficient (Wildman–Crippen LogP) is 2.99. The second kappa shape index (κ2) is 13.9. The van der Waals surface area contributed by atoms with Crippen molar-refractivity contribution in [1.29, 1.82) is 0 Å². The van der Waals surface area contributed by atoms with E-state index in [0.29, 0.717) is 31.1 Å². The summed E-state index contributed by atoms with van der Waals surface area (Å²) in [6.07, 6.45) is 7.93. The standard InChI is InChI=1S/C20H34N4O3.HI/c1-21-19(24-16-20(10-12-25-2)8-4-5-9-20)23-15-17-7-6-11-22-18(17)27-14-13-26-3;/h6-7,11H,4-5,8-10,12-16H2,1-3H3,(H2,21,23,24);1H. The molecule has 1 aliphatic rings. The van der Waals surface area contributed by atoms with Gasteiger partial charge >= 0.3 is 0 Å². The molecule has 8 heteroatoms. The predicted molar refractivity (Wildman–Crippen MR) is 123 cm³/mol. The third-order valence-corrected chi connectivity index (χ3v) is 5.18. The molecule has 28 heavy (non-hydrogen) atoms. The molecule has 1 aromatic rings. The van der Waals surface area contributed by atoms with Gasteiger partial charge in [-0.1, -0.05) is 18.9 Å². The molecule has 1 saturated carbocycles. The minimum atomic E-state index is 0. The summed E-state index contributed by atoms with van der Waals surface area (Å²) in [5, 5.41) is 6.88. The summed E-state index contributed by atoms with van der Waals surface area (Å²) in [4.78, 5) is 8.68. The molecule has 0 amide bonds. The van der Waals surface area contributed by atoms with Crippen LogP contribution in [0, 0.1) is 5.41 Å². The number of nitrogens with zero attached hydrogens (tertiary/aromatic N) is 2. The Kier molecular flexibility index (Phi) is 12.4. The van der Waals surface area contributed by atoms with Crippen molar-refractivity contribution in [3.63, 3.8) is 0 Å². The van der Waals surface area contributed by atoms with E-state index in [-0.39, 0.29) is 24.0 Å². The fourth-order valence-corrected chi connectivity index (χ4v) is 3.54. The molecule has 0 radical (unpaired) electrons. The summed E-state index contributed by atoms with van der Waals surface area (Å²) in [5.74, 6) is 1.43. The Labute approximate surface area is 186 Å². The van der Waals surface area contributed by atoms with Crippen molar-refractivity contribution >= 4 is 29.9 Å². The van der Waals surface area contributed by atoms with E-state index in [1.165, 1.54) is 25.7 Å². The van der Waals surface area contributed by atoms with Crippen molar-refractivity contribution in [3.8, 4) is 5.88 Å². The van der Waals surface area contributed by atoms with Crippen molar-refractivity contribution in [2.75, 3.05) is 47.6 Å². The van der Waals surface area contributed by atoms with Crippen LogP contribution >= 0.6 is 24.0 Å². The van der Waals surface area contributed by atoms with Crippen LogP contribution < -0.4 is 15.4 Å². The molecule has 1 heterocycles. The molecule has 1 aliphatic carbocycles. The van der Waals surface area contributed by atoms with Gasteiger partial charge in [-0.25, -0.2) is 4.98 Å². The maximum atomic E-state index is 5.69. The molecular weight excluding hydrogens is 471 g/mol. The highest BCUT2D eigenvalue weighted by molar-refractivity contribution is 14.0. The number of methoxy groups -OCH3 is 2. The first-order valence-electron chi connectivity index (χ1n) is 9.72. The van der Waals surface area contributed by atoms with Crippen LogP contribution in [-0.4, -0.2) is 58.6 Å². The molecule has 0 unspecified atom stereocenters. The van der Waals surface area contributed by atoms with E-state index in [0.717, 1.165) is 31.1 Å². The molecule has 0 aromatic carbocycles. The molecule has 1 aromatic heterocycles. The van der Waals surface area contributed by atoms with Crippen molar-refractivity contribution in [1.82, 2.24) is 15.6 Å².